The molecule has 0 spiro atoms. The van der Waals surface area contributed by atoms with E-state index >= 15 is 0 Å². The molecule has 0 aliphatic carbocycles. The van der Waals surface area contributed by atoms with Crippen LogP contribution in [-0.4, -0.2) is 43.6 Å². The van der Waals surface area contributed by atoms with Gasteiger partial charge >= 0.3 is 0 Å². The Hall–Kier alpha value is -2.46. The summed E-state index contributed by atoms with van der Waals surface area (Å²) in [5.41, 5.74) is 1.60. The maximum absolute atomic E-state index is 12.7. The zero-order chi connectivity index (χ0) is 20.3. The Morgan fingerprint density at radius 1 is 1.17 bits per heavy atom. The summed E-state index contributed by atoms with van der Waals surface area (Å²) in [6, 6.07) is 10.4. The molecule has 3 heterocycles. The van der Waals surface area contributed by atoms with Crippen LogP contribution in [0, 0.1) is 0 Å². The molecule has 0 radical (unpaired) electrons. The molecular weight excluding hydrogens is 410 g/mol. The van der Waals surface area contributed by atoms with Gasteiger partial charge in [-0.2, -0.15) is 4.31 Å². The molecule has 9 heteroatoms. The molecule has 1 fully saturated rings. The van der Waals surface area contributed by atoms with Crippen LogP contribution in [0.15, 0.2) is 75.0 Å². The third kappa shape index (κ3) is 4.13. The van der Waals surface area contributed by atoms with Crippen LogP contribution in [0.25, 0.3) is 11.5 Å². The van der Waals surface area contributed by atoms with E-state index < -0.39 is 10.0 Å². The minimum atomic E-state index is -3.51. The highest BCUT2D eigenvalue weighted by Gasteiger charge is 2.26. The van der Waals surface area contributed by atoms with Gasteiger partial charge in [0.2, 0.25) is 10.0 Å². The molecule has 0 atom stereocenters. The van der Waals surface area contributed by atoms with E-state index in [0.29, 0.717) is 38.5 Å². The zero-order valence-electron chi connectivity index (χ0n) is 15.7. The van der Waals surface area contributed by atoms with Crippen LogP contribution in [0.3, 0.4) is 0 Å². The fourth-order valence-electron chi connectivity index (χ4n) is 3.09. The summed E-state index contributed by atoms with van der Waals surface area (Å²) >= 11 is 1.49. The minimum absolute atomic E-state index is 0.264. The van der Waals surface area contributed by atoms with Gasteiger partial charge in [-0.25, -0.2) is 13.4 Å². The number of ether oxygens (including phenoxy) is 1. The van der Waals surface area contributed by atoms with Gasteiger partial charge in [0, 0.05) is 25.0 Å². The summed E-state index contributed by atoms with van der Waals surface area (Å²) in [5, 5.41) is 1.98. The van der Waals surface area contributed by atoms with E-state index in [-0.39, 0.29) is 4.90 Å². The zero-order valence-corrected chi connectivity index (χ0v) is 17.4. The Kier molecular flexibility index (Phi) is 5.81. The number of morpholine rings is 1. The number of hydrogen-bond donors (Lipinski definition) is 0. The number of aromatic nitrogens is 1. The van der Waals surface area contributed by atoms with Gasteiger partial charge in [0.25, 0.3) is 0 Å². The number of rotatable bonds is 6. The predicted molar refractivity (Wildman–Crippen MR) is 111 cm³/mol. The molecule has 0 saturated carbocycles. The summed E-state index contributed by atoms with van der Waals surface area (Å²) in [6.45, 7) is 6.00. The van der Waals surface area contributed by atoms with Crippen molar-refractivity contribution in [3.05, 3.63) is 65.5 Å². The fraction of sp³-hybridized carbons (Fsp3) is 0.250. The van der Waals surface area contributed by atoms with Crippen LogP contribution in [0.5, 0.6) is 0 Å². The van der Waals surface area contributed by atoms with Crippen LogP contribution < -0.4 is 4.80 Å². The van der Waals surface area contributed by atoms with Crippen molar-refractivity contribution >= 4 is 27.0 Å². The van der Waals surface area contributed by atoms with E-state index in [9.17, 15) is 8.42 Å². The first-order valence-electron chi connectivity index (χ1n) is 9.15. The molecule has 3 aromatic rings. The predicted octanol–water partition coefficient (Wildman–Crippen LogP) is 3.25. The van der Waals surface area contributed by atoms with Crippen LogP contribution >= 0.6 is 11.3 Å². The fourth-order valence-corrected chi connectivity index (χ4v) is 5.41. The lowest BCUT2D eigenvalue weighted by Crippen LogP contribution is -2.40. The molecular formula is C20H21N3O4S2. The topological polar surface area (TPSA) is 77.0 Å². The molecule has 2 aromatic heterocycles. The van der Waals surface area contributed by atoms with E-state index in [0.717, 1.165) is 16.3 Å². The highest BCUT2D eigenvalue weighted by Crippen LogP contribution is 2.23. The Labute approximate surface area is 173 Å². The summed E-state index contributed by atoms with van der Waals surface area (Å²) in [5.74, 6) is 0.761. The maximum atomic E-state index is 12.7. The Morgan fingerprint density at radius 3 is 2.59 bits per heavy atom. The first-order valence-corrected chi connectivity index (χ1v) is 11.5. The van der Waals surface area contributed by atoms with E-state index in [1.165, 1.54) is 15.6 Å². The molecule has 1 aromatic carbocycles. The van der Waals surface area contributed by atoms with Crippen molar-refractivity contribution in [1.82, 2.24) is 8.87 Å². The second-order valence-corrected chi connectivity index (χ2v) is 9.18. The monoisotopic (exact) mass is 431 g/mol. The van der Waals surface area contributed by atoms with Gasteiger partial charge in [0.15, 0.2) is 10.6 Å². The van der Waals surface area contributed by atoms with Crippen molar-refractivity contribution in [3.8, 4) is 11.5 Å². The lowest BCUT2D eigenvalue weighted by molar-refractivity contribution is 0.0730. The normalized spacial score (nSPS) is 16.2. The summed E-state index contributed by atoms with van der Waals surface area (Å²) in [7, 11) is -3.51. The van der Waals surface area contributed by atoms with Crippen molar-refractivity contribution in [2.24, 2.45) is 4.99 Å². The van der Waals surface area contributed by atoms with Gasteiger partial charge in [0.1, 0.15) is 0 Å². The average Bonchev–Trinajstić information content (AvgIpc) is 3.40. The molecule has 1 saturated heterocycles. The van der Waals surface area contributed by atoms with Gasteiger partial charge in [0.05, 0.1) is 35.8 Å². The molecule has 0 amide bonds. The second kappa shape index (κ2) is 8.50. The molecule has 152 valence electrons. The van der Waals surface area contributed by atoms with Crippen molar-refractivity contribution in [3.63, 3.8) is 0 Å². The lowest BCUT2D eigenvalue weighted by atomic mass is 10.3. The first kappa shape index (κ1) is 19.8. The van der Waals surface area contributed by atoms with Gasteiger partial charge < -0.3 is 13.7 Å². The van der Waals surface area contributed by atoms with E-state index in [1.807, 2.05) is 22.1 Å². The quantitative estimate of drug-likeness (QED) is 0.562. The maximum Gasteiger partial charge on any atom is 0.243 e. The molecule has 1 aliphatic rings. The third-order valence-electron chi connectivity index (χ3n) is 4.55. The van der Waals surface area contributed by atoms with Crippen LogP contribution in [0.2, 0.25) is 0 Å². The van der Waals surface area contributed by atoms with Crippen molar-refractivity contribution in [1.29, 1.82) is 0 Å². The van der Waals surface area contributed by atoms with E-state index in [1.54, 1.807) is 36.6 Å². The van der Waals surface area contributed by atoms with Crippen molar-refractivity contribution in [2.45, 2.75) is 11.4 Å². The Balaban J connectivity index is 1.65. The molecule has 0 bridgehead atoms. The van der Waals surface area contributed by atoms with Crippen molar-refractivity contribution in [2.75, 3.05) is 26.3 Å². The molecule has 0 unspecified atom stereocenters. The first-order chi connectivity index (χ1) is 14.1. The number of nitrogens with zero attached hydrogens (tertiary/aromatic N) is 3. The molecule has 7 nitrogen and oxygen atoms in total. The van der Waals surface area contributed by atoms with Gasteiger partial charge in [-0.05, 0) is 36.4 Å². The smallest absolute Gasteiger partial charge is 0.243 e. The van der Waals surface area contributed by atoms with Gasteiger partial charge in [-0.3, -0.25) is 0 Å². The molecule has 1 aliphatic heterocycles. The summed E-state index contributed by atoms with van der Waals surface area (Å²) in [6.07, 6.45) is 3.44. The van der Waals surface area contributed by atoms with E-state index in [2.05, 4.69) is 11.6 Å². The molecule has 0 N–H and O–H groups in total. The van der Waals surface area contributed by atoms with Crippen molar-refractivity contribution < 1.29 is 17.6 Å². The average molecular weight is 432 g/mol. The lowest BCUT2D eigenvalue weighted by Gasteiger charge is -2.26. The van der Waals surface area contributed by atoms with Gasteiger partial charge in [-0.15, -0.1) is 17.9 Å². The molecule has 29 heavy (non-hydrogen) atoms. The van der Waals surface area contributed by atoms with Gasteiger partial charge in [-0.1, -0.05) is 6.08 Å². The minimum Gasteiger partial charge on any atom is -0.463 e. The van der Waals surface area contributed by atoms with Crippen LogP contribution in [0.1, 0.15) is 0 Å². The number of sulfonamides is 1. The third-order valence-corrected chi connectivity index (χ3v) is 7.33. The largest absolute Gasteiger partial charge is 0.463 e. The number of hydrogen-bond acceptors (Lipinski definition) is 6. The Morgan fingerprint density at radius 2 is 1.93 bits per heavy atom. The standard InChI is InChI=1S/C20H21N3O4S2/c1-2-9-23-18(19-4-3-12-27-19)15-28-20(23)21-16-5-7-17(8-6-16)29(24,25)22-10-13-26-14-11-22/h2-8,12,15H,1,9-11,13-14H2. The highest BCUT2D eigenvalue weighted by atomic mass is 32.2. The molecule has 4 rings (SSSR count). The van der Waals surface area contributed by atoms with Crippen LogP contribution in [0.4, 0.5) is 5.69 Å². The number of furan rings is 1. The number of benzene rings is 1. The summed E-state index contributed by atoms with van der Waals surface area (Å²) in [4.78, 5) is 5.73. The van der Waals surface area contributed by atoms with E-state index in [4.69, 9.17) is 9.15 Å². The Bertz CT molecular complexity index is 1140. The number of thiazole rings is 1. The second-order valence-electron chi connectivity index (χ2n) is 6.40. The highest BCUT2D eigenvalue weighted by molar-refractivity contribution is 7.89. The van der Waals surface area contributed by atoms with Crippen LogP contribution in [-0.2, 0) is 21.3 Å². The summed E-state index contributed by atoms with van der Waals surface area (Å²) < 4.78 is 39.7. The number of allylic oxidation sites excluding steroid dienone is 1. The SMILES string of the molecule is C=CCn1c(-c2ccco2)csc1=Nc1ccc(S(=O)(=O)N2CCOCC2)cc1.